The molecule has 580 valence electrons. The third kappa shape index (κ3) is 25.2. The van der Waals surface area contributed by atoms with Crippen LogP contribution in [0, 0.1) is 30.6 Å². The number of primary amides is 1. The number of fused-ring (bicyclic) bond motifs is 4. The monoisotopic (exact) mass is 1500 g/mol. The fourth-order valence-corrected chi connectivity index (χ4v) is 13.0. The van der Waals surface area contributed by atoms with E-state index >= 15 is 0 Å². The first-order valence-corrected chi connectivity index (χ1v) is 37.1. The van der Waals surface area contributed by atoms with Gasteiger partial charge in [0, 0.05) is 113 Å². The lowest BCUT2D eigenvalue weighted by Gasteiger charge is -2.24. The van der Waals surface area contributed by atoms with Crippen LogP contribution in [0.25, 0.3) is 0 Å². The Morgan fingerprint density at radius 1 is 0.633 bits per heavy atom. The number of ether oxygens (including phenoxy) is 8. The van der Waals surface area contributed by atoms with E-state index in [9.17, 15) is 47.9 Å². The van der Waals surface area contributed by atoms with Gasteiger partial charge in [0.1, 0.15) is 31.4 Å². The van der Waals surface area contributed by atoms with Crippen LogP contribution < -0.4 is 35.9 Å². The Balaban J connectivity index is 0.625. The highest BCUT2D eigenvalue weighted by molar-refractivity contribution is 6.13. The maximum Gasteiger partial charge on any atom is 0.312 e. The Morgan fingerprint density at radius 3 is 1.83 bits per heavy atom. The number of unbranched alkanes of at least 4 members (excludes halogenated alkanes) is 2. The zero-order valence-electron chi connectivity index (χ0n) is 62.6. The van der Waals surface area contributed by atoms with E-state index in [-0.39, 0.29) is 150 Å². The van der Waals surface area contributed by atoms with Crippen LogP contribution in [0.15, 0.2) is 113 Å². The predicted octanol–water partition coefficient (Wildman–Crippen LogP) is 8.34. The molecule has 4 aromatic carbocycles. The molecule has 109 heavy (non-hydrogen) atoms. The second-order valence-corrected chi connectivity index (χ2v) is 27.8. The van der Waals surface area contributed by atoms with Gasteiger partial charge in [-0.15, -0.1) is 0 Å². The normalized spacial score (nSPS) is 16.0. The first-order valence-electron chi connectivity index (χ1n) is 37.1. The SMILES string of the molecule is C=C1C[C@H]2C=Nc3cc(OCc4cc(C#CCNC(=O)CCOCCOCCOCCOCCCC(=O)OCc5ccc(CC(=O)[C@H](CCCNC(N)=O)NC(=O)[C@@H](CC(=O)CCCCCN6C(=O)C=CC6=O)C(C)C)cc5)cc(COc5cc6c(cc5OC)C(=O)N5CC(=C)C[C@H]5C=N6)c4)c(C)cc3C(=O)N2C1. The van der Waals surface area contributed by atoms with Gasteiger partial charge in [-0.3, -0.25) is 58.0 Å². The molecule has 9 rings (SSSR count). The summed E-state index contributed by atoms with van der Waals surface area (Å²) in [5, 5.41) is 8.21. The van der Waals surface area contributed by atoms with Crippen molar-refractivity contribution >= 4 is 82.8 Å². The van der Waals surface area contributed by atoms with Crippen molar-refractivity contribution in [1.82, 2.24) is 30.7 Å². The molecular weight excluding hydrogens is 1400 g/mol. The Morgan fingerprint density at radius 2 is 1.22 bits per heavy atom. The number of benzene rings is 4. The molecule has 8 amide bonds. The number of ketones is 2. The molecule has 5 aliphatic heterocycles. The fourth-order valence-electron chi connectivity index (χ4n) is 13.0. The number of nitrogens with zero attached hydrogens (tertiary/aromatic N) is 5. The standard InChI is InChI=1S/C82H99N9O18/c1-53(2)65(42-64(92)14-8-7-9-26-89-76(95)21-22-77(89)96)79(98)88-68(15-11-25-85-82(83)101)71(93)41-57-17-19-58(20-18-57)50-109-78(97)16-12-27-103-29-31-105-33-34-106-32-30-104-28-23-75(94)84-24-10-13-59-38-60(51-107-72-44-69-66(37-56(72)5)80(99)90-48-54(3)35-62(90)46-86-69)40-61(39-59)52-108-74-45-70-67(43-73(74)102-6)81(100)91-49-55(4)36-63(91)47-87-70/h17-22,37-40,43-47,53,62-63,65,68H,3-4,7-9,11-12,14-16,23-36,41-42,48-52H2,1-2,5-6H3,(H,84,94)(H,88,98)(H3,83,85,101)/t62-,63-,65-,68-/m0/s1. The highest BCUT2D eigenvalue weighted by atomic mass is 16.6. The average molecular weight is 1500 g/mol. The summed E-state index contributed by atoms with van der Waals surface area (Å²) < 4.78 is 46.5. The van der Waals surface area contributed by atoms with E-state index in [1.54, 1.807) is 64.7 Å². The molecule has 5 N–H and O–H groups in total. The number of carbonyl (C=O) groups is 10. The van der Waals surface area contributed by atoms with Crippen molar-refractivity contribution in [2.45, 2.75) is 142 Å². The van der Waals surface area contributed by atoms with E-state index in [2.05, 4.69) is 45.9 Å². The maximum atomic E-state index is 13.7. The molecule has 5 aliphatic rings. The first kappa shape index (κ1) is 82.4. The number of Topliss-reactive ketones (excluding diaryl/α,β-unsaturated/α-hetero) is 2. The molecule has 0 spiro atoms. The number of aliphatic imine (C=N–C) groups is 2. The number of hydrogen-bond donors (Lipinski definition) is 4. The molecule has 2 saturated heterocycles. The lowest BCUT2D eigenvalue weighted by molar-refractivity contribution is -0.145. The Labute approximate surface area is 635 Å². The zero-order chi connectivity index (χ0) is 77.8. The summed E-state index contributed by atoms with van der Waals surface area (Å²) in [7, 11) is 1.52. The van der Waals surface area contributed by atoms with Crippen molar-refractivity contribution in [3.63, 3.8) is 0 Å². The minimum Gasteiger partial charge on any atom is -0.493 e. The number of rotatable bonds is 44. The van der Waals surface area contributed by atoms with E-state index in [1.165, 1.54) is 19.3 Å². The van der Waals surface area contributed by atoms with Crippen LogP contribution in [-0.4, -0.2) is 197 Å². The minimum atomic E-state index is -0.902. The molecule has 0 saturated carbocycles. The van der Waals surface area contributed by atoms with Gasteiger partial charge in [-0.2, -0.15) is 0 Å². The molecule has 0 unspecified atom stereocenters. The summed E-state index contributed by atoms with van der Waals surface area (Å²) in [6.45, 7) is 17.9. The van der Waals surface area contributed by atoms with E-state index in [1.807, 2.05) is 45.0 Å². The largest absolute Gasteiger partial charge is 0.493 e. The summed E-state index contributed by atoms with van der Waals surface area (Å²) >= 11 is 0. The molecule has 2 fully saturated rings. The van der Waals surface area contributed by atoms with Crippen molar-refractivity contribution in [2.24, 2.45) is 27.6 Å². The van der Waals surface area contributed by atoms with Gasteiger partial charge in [0.2, 0.25) is 11.8 Å². The number of nitrogens with one attached hydrogen (secondary N) is 3. The van der Waals surface area contributed by atoms with Crippen LogP contribution in [0.1, 0.15) is 145 Å². The van der Waals surface area contributed by atoms with E-state index in [4.69, 9.17) is 48.6 Å². The smallest absolute Gasteiger partial charge is 0.312 e. The Hall–Kier alpha value is -10.7. The van der Waals surface area contributed by atoms with Crippen LogP contribution in [0.4, 0.5) is 16.2 Å². The number of amides is 8. The van der Waals surface area contributed by atoms with Crippen LogP contribution in [0.5, 0.6) is 17.2 Å². The van der Waals surface area contributed by atoms with Crippen molar-refractivity contribution < 1.29 is 85.8 Å². The third-order valence-corrected chi connectivity index (χ3v) is 18.9. The predicted molar refractivity (Wildman–Crippen MR) is 406 cm³/mol. The third-order valence-electron chi connectivity index (χ3n) is 18.9. The minimum absolute atomic E-state index is 0.00852. The molecule has 4 atom stereocenters. The second-order valence-electron chi connectivity index (χ2n) is 27.8. The van der Waals surface area contributed by atoms with Crippen molar-refractivity contribution in [3.05, 3.63) is 148 Å². The highest BCUT2D eigenvalue weighted by Gasteiger charge is 2.37. The van der Waals surface area contributed by atoms with Crippen LogP contribution in [0.2, 0.25) is 0 Å². The van der Waals surface area contributed by atoms with Gasteiger partial charge in [-0.05, 0) is 116 Å². The number of hydrogen-bond acceptors (Lipinski definition) is 20. The van der Waals surface area contributed by atoms with E-state index < -0.39 is 29.9 Å². The lowest BCUT2D eigenvalue weighted by atomic mass is 9.88. The van der Waals surface area contributed by atoms with Crippen LogP contribution in [-0.2, 0) is 83.5 Å². The molecule has 0 aliphatic carbocycles. The topological polar surface area (TPSA) is 341 Å². The molecular formula is C82H99N9O18. The molecule has 0 radical (unpaired) electrons. The lowest BCUT2D eigenvalue weighted by Crippen LogP contribution is -2.46. The zero-order valence-corrected chi connectivity index (χ0v) is 62.6. The Kier molecular flexibility index (Phi) is 31.5. The summed E-state index contributed by atoms with van der Waals surface area (Å²) in [6.07, 6.45) is 10.6. The van der Waals surface area contributed by atoms with Gasteiger partial charge in [0.15, 0.2) is 17.3 Å². The highest BCUT2D eigenvalue weighted by Crippen LogP contribution is 2.40. The number of imide groups is 1. The van der Waals surface area contributed by atoms with Crippen molar-refractivity contribution in [2.75, 3.05) is 92.7 Å². The first-order chi connectivity index (χ1) is 52.6. The van der Waals surface area contributed by atoms with Crippen molar-refractivity contribution in [1.29, 1.82) is 0 Å². The molecule has 27 nitrogen and oxygen atoms in total. The van der Waals surface area contributed by atoms with Crippen molar-refractivity contribution in [3.8, 4) is 29.1 Å². The quantitative estimate of drug-likeness (QED) is 0.0106. The van der Waals surface area contributed by atoms with E-state index in [0.29, 0.717) is 154 Å². The molecule has 0 aromatic heterocycles. The van der Waals surface area contributed by atoms with Gasteiger partial charge < -0.3 is 69.4 Å². The number of urea groups is 1. The number of methoxy groups -OCH3 is 1. The van der Waals surface area contributed by atoms with Gasteiger partial charge in [-0.25, -0.2) is 4.79 Å². The molecule has 0 bridgehead atoms. The van der Waals surface area contributed by atoms with E-state index in [0.717, 1.165) is 32.7 Å². The van der Waals surface area contributed by atoms with Gasteiger partial charge in [0.05, 0.1) is 101 Å². The maximum absolute atomic E-state index is 13.7. The van der Waals surface area contributed by atoms with Gasteiger partial charge in [0.25, 0.3) is 23.6 Å². The average Bonchev–Trinajstić information content (AvgIpc) is 1.68. The number of carbonyl (C=O) groups excluding carboxylic acids is 10. The number of aryl methyl sites for hydroxylation is 1. The van der Waals surface area contributed by atoms with Gasteiger partial charge >= 0.3 is 12.0 Å². The van der Waals surface area contributed by atoms with Crippen LogP contribution in [0.3, 0.4) is 0 Å². The van der Waals surface area contributed by atoms with Gasteiger partial charge in [-0.1, -0.05) is 80.7 Å². The molecule has 4 aromatic rings. The molecule has 5 heterocycles. The molecule has 27 heteroatoms. The summed E-state index contributed by atoms with van der Waals surface area (Å²) in [4.78, 5) is 142. The fraction of sp³-hybridized carbons (Fsp3) is 0.463. The second kappa shape index (κ2) is 41.6. The number of nitrogens with two attached hydrogens (primary N) is 1. The summed E-state index contributed by atoms with van der Waals surface area (Å²) in [6, 6.07) is 17.8. The summed E-state index contributed by atoms with van der Waals surface area (Å²) in [5.41, 5.74) is 13.5. The van der Waals surface area contributed by atoms with Crippen LogP contribution >= 0.6 is 0 Å². The Bertz CT molecular complexity index is 4140. The summed E-state index contributed by atoms with van der Waals surface area (Å²) in [5.74, 6) is 4.32. The number of esters is 1.